The Labute approximate surface area is 159 Å². The van der Waals surface area contributed by atoms with Gasteiger partial charge in [-0.05, 0) is 54.3 Å². The maximum Gasteiger partial charge on any atom is 0.240 e. The number of hydrogen-bond donors (Lipinski definition) is 1. The standard InChI is InChI=1S/C19H22N4O3S/c1-14-11-16(6-7-17(14)18-5-4-9-20-19(18)26-3)27(24,25)22-10-8-15-12-21-23(2)13-15/h4-7,9,11-13,22H,8,10H2,1-3H3. The second-order valence-corrected chi connectivity index (χ2v) is 7.97. The van der Waals surface area contributed by atoms with Crippen molar-refractivity contribution in [3.63, 3.8) is 0 Å². The minimum absolute atomic E-state index is 0.234. The Balaban J connectivity index is 1.77. The molecule has 0 aliphatic rings. The second kappa shape index (κ2) is 7.89. The normalized spacial score (nSPS) is 11.5. The molecule has 27 heavy (non-hydrogen) atoms. The quantitative estimate of drug-likeness (QED) is 0.673. The number of aromatic nitrogens is 3. The molecular formula is C19H22N4O3S. The Bertz CT molecular complexity index is 1040. The maximum absolute atomic E-state index is 12.6. The van der Waals surface area contributed by atoms with Crippen molar-refractivity contribution in [2.24, 2.45) is 7.05 Å². The van der Waals surface area contributed by atoms with Crippen molar-refractivity contribution in [2.45, 2.75) is 18.2 Å². The molecule has 0 unspecified atom stereocenters. The van der Waals surface area contributed by atoms with E-state index in [4.69, 9.17) is 4.74 Å². The molecule has 1 N–H and O–H groups in total. The van der Waals surface area contributed by atoms with Crippen LogP contribution in [0, 0.1) is 6.92 Å². The molecule has 0 atom stereocenters. The predicted octanol–water partition coefficient (Wildman–Crippen LogP) is 2.32. The Morgan fingerprint density at radius 2 is 2.04 bits per heavy atom. The lowest BCUT2D eigenvalue weighted by Crippen LogP contribution is -2.26. The van der Waals surface area contributed by atoms with E-state index in [2.05, 4.69) is 14.8 Å². The fourth-order valence-electron chi connectivity index (χ4n) is 2.88. The van der Waals surface area contributed by atoms with E-state index in [1.165, 1.54) is 0 Å². The van der Waals surface area contributed by atoms with Crippen LogP contribution < -0.4 is 9.46 Å². The van der Waals surface area contributed by atoms with Gasteiger partial charge >= 0.3 is 0 Å². The maximum atomic E-state index is 12.6. The zero-order valence-electron chi connectivity index (χ0n) is 15.5. The van der Waals surface area contributed by atoms with Crippen LogP contribution in [0.1, 0.15) is 11.1 Å². The van der Waals surface area contributed by atoms with Crippen molar-refractivity contribution < 1.29 is 13.2 Å². The van der Waals surface area contributed by atoms with Gasteiger partial charge in [-0.15, -0.1) is 0 Å². The van der Waals surface area contributed by atoms with Crippen LogP contribution in [0.15, 0.2) is 53.8 Å². The molecule has 7 nitrogen and oxygen atoms in total. The summed E-state index contributed by atoms with van der Waals surface area (Å²) in [4.78, 5) is 4.43. The smallest absolute Gasteiger partial charge is 0.240 e. The highest BCUT2D eigenvalue weighted by Crippen LogP contribution is 2.31. The lowest BCUT2D eigenvalue weighted by Gasteiger charge is -2.12. The van der Waals surface area contributed by atoms with Gasteiger partial charge in [0, 0.05) is 31.5 Å². The van der Waals surface area contributed by atoms with Crippen molar-refractivity contribution in [3.8, 4) is 17.0 Å². The van der Waals surface area contributed by atoms with Crippen molar-refractivity contribution in [2.75, 3.05) is 13.7 Å². The minimum atomic E-state index is -3.58. The first kappa shape index (κ1) is 19.1. The topological polar surface area (TPSA) is 86.1 Å². The number of ether oxygens (including phenoxy) is 1. The fourth-order valence-corrected chi connectivity index (χ4v) is 3.99. The number of aryl methyl sites for hydroxylation is 2. The summed E-state index contributed by atoms with van der Waals surface area (Å²) in [7, 11) is -0.195. The van der Waals surface area contributed by atoms with Crippen molar-refractivity contribution in [1.82, 2.24) is 19.5 Å². The summed E-state index contributed by atoms with van der Waals surface area (Å²) in [5.74, 6) is 0.505. The summed E-state index contributed by atoms with van der Waals surface area (Å²) >= 11 is 0. The van der Waals surface area contributed by atoms with Gasteiger partial charge in [-0.2, -0.15) is 5.10 Å². The Morgan fingerprint density at radius 1 is 1.22 bits per heavy atom. The number of methoxy groups -OCH3 is 1. The first-order chi connectivity index (χ1) is 12.9. The van der Waals surface area contributed by atoms with Gasteiger partial charge in [-0.3, -0.25) is 4.68 Å². The zero-order chi connectivity index (χ0) is 19.4. The SMILES string of the molecule is COc1ncccc1-c1ccc(S(=O)(=O)NCCc2cnn(C)c2)cc1C. The highest BCUT2D eigenvalue weighted by Gasteiger charge is 2.16. The van der Waals surface area contributed by atoms with Crippen LogP contribution in [0.4, 0.5) is 0 Å². The van der Waals surface area contributed by atoms with E-state index in [1.807, 2.05) is 32.3 Å². The first-order valence-corrected chi connectivity index (χ1v) is 9.96. The highest BCUT2D eigenvalue weighted by atomic mass is 32.2. The third kappa shape index (κ3) is 4.35. The zero-order valence-corrected chi connectivity index (χ0v) is 16.3. The number of nitrogens with zero attached hydrogens (tertiary/aromatic N) is 3. The highest BCUT2D eigenvalue weighted by molar-refractivity contribution is 7.89. The summed E-state index contributed by atoms with van der Waals surface area (Å²) in [6.45, 7) is 2.18. The molecule has 3 aromatic rings. The van der Waals surface area contributed by atoms with Crippen molar-refractivity contribution in [1.29, 1.82) is 0 Å². The third-order valence-corrected chi connectivity index (χ3v) is 5.69. The van der Waals surface area contributed by atoms with Gasteiger partial charge in [-0.25, -0.2) is 18.1 Å². The van der Waals surface area contributed by atoms with Crippen LogP contribution >= 0.6 is 0 Å². The van der Waals surface area contributed by atoms with E-state index in [0.717, 1.165) is 22.3 Å². The number of pyridine rings is 1. The van der Waals surface area contributed by atoms with Crippen molar-refractivity contribution >= 4 is 10.0 Å². The van der Waals surface area contributed by atoms with Crippen LogP contribution in [0.5, 0.6) is 5.88 Å². The molecule has 0 fully saturated rings. The Hall–Kier alpha value is -2.71. The predicted molar refractivity (Wildman–Crippen MR) is 103 cm³/mol. The molecule has 8 heteroatoms. The average Bonchev–Trinajstić information content (AvgIpc) is 3.06. The molecular weight excluding hydrogens is 364 g/mol. The summed E-state index contributed by atoms with van der Waals surface area (Å²) in [6, 6.07) is 8.76. The molecule has 0 saturated carbocycles. The largest absolute Gasteiger partial charge is 0.481 e. The Kier molecular flexibility index (Phi) is 5.57. The van der Waals surface area contributed by atoms with Gasteiger partial charge in [0.2, 0.25) is 15.9 Å². The third-order valence-electron chi connectivity index (χ3n) is 4.23. The average molecular weight is 386 g/mol. The number of sulfonamides is 1. The van der Waals surface area contributed by atoms with Crippen LogP contribution in [0.2, 0.25) is 0 Å². The van der Waals surface area contributed by atoms with E-state index >= 15 is 0 Å². The molecule has 0 aliphatic carbocycles. The fraction of sp³-hybridized carbons (Fsp3) is 0.263. The number of nitrogens with one attached hydrogen (secondary N) is 1. The van der Waals surface area contributed by atoms with Gasteiger partial charge in [0.15, 0.2) is 0 Å². The molecule has 2 aromatic heterocycles. The van der Waals surface area contributed by atoms with Gasteiger partial charge in [0.05, 0.1) is 18.2 Å². The molecule has 142 valence electrons. The lowest BCUT2D eigenvalue weighted by atomic mass is 10.0. The summed E-state index contributed by atoms with van der Waals surface area (Å²) in [5.41, 5.74) is 3.52. The second-order valence-electron chi connectivity index (χ2n) is 6.21. The van der Waals surface area contributed by atoms with Gasteiger partial charge in [-0.1, -0.05) is 6.07 Å². The molecule has 0 bridgehead atoms. The summed E-state index contributed by atoms with van der Waals surface area (Å²) in [6.07, 6.45) is 5.84. The molecule has 0 saturated heterocycles. The molecule has 2 heterocycles. The lowest BCUT2D eigenvalue weighted by molar-refractivity contribution is 0.399. The van der Waals surface area contributed by atoms with Crippen LogP contribution in [0.25, 0.3) is 11.1 Å². The van der Waals surface area contributed by atoms with E-state index in [-0.39, 0.29) is 4.90 Å². The minimum Gasteiger partial charge on any atom is -0.481 e. The van der Waals surface area contributed by atoms with E-state index in [9.17, 15) is 8.42 Å². The van der Waals surface area contributed by atoms with Crippen molar-refractivity contribution in [3.05, 3.63) is 60.0 Å². The number of rotatable bonds is 7. The molecule has 0 amide bonds. The first-order valence-electron chi connectivity index (χ1n) is 8.48. The molecule has 1 aromatic carbocycles. The van der Waals surface area contributed by atoms with E-state index in [0.29, 0.717) is 18.8 Å². The molecule has 0 radical (unpaired) electrons. The monoisotopic (exact) mass is 386 g/mol. The van der Waals surface area contributed by atoms with Crippen LogP contribution in [-0.4, -0.2) is 36.8 Å². The summed E-state index contributed by atoms with van der Waals surface area (Å²) < 4.78 is 34.8. The molecule has 0 aliphatic heterocycles. The molecule has 0 spiro atoms. The van der Waals surface area contributed by atoms with Crippen LogP contribution in [-0.2, 0) is 23.5 Å². The molecule has 3 rings (SSSR count). The van der Waals surface area contributed by atoms with Gasteiger partial charge in [0.25, 0.3) is 0 Å². The Morgan fingerprint density at radius 3 is 2.70 bits per heavy atom. The van der Waals surface area contributed by atoms with E-state index in [1.54, 1.807) is 42.4 Å². The van der Waals surface area contributed by atoms with Gasteiger partial charge < -0.3 is 4.74 Å². The van der Waals surface area contributed by atoms with Crippen LogP contribution in [0.3, 0.4) is 0 Å². The number of benzene rings is 1. The summed E-state index contributed by atoms with van der Waals surface area (Å²) in [5, 5.41) is 4.08. The van der Waals surface area contributed by atoms with Gasteiger partial charge in [0.1, 0.15) is 0 Å². The van der Waals surface area contributed by atoms with E-state index < -0.39 is 10.0 Å². The number of hydrogen-bond acceptors (Lipinski definition) is 5.